The van der Waals surface area contributed by atoms with Crippen LogP contribution in [0.15, 0.2) is 48.7 Å². The minimum Gasteiger partial charge on any atom is -0.395 e. The van der Waals surface area contributed by atoms with Gasteiger partial charge in [-0.25, -0.2) is 9.97 Å². The van der Waals surface area contributed by atoms with E-state index in [-0.39, 0.29) is 19.1 Å². The van der Waals surface area contributed by atoms with Crippen LogP contribution in [0.3, 0.4) is 0 Å². The van der Waals surface area contributed by atoms with E-state index in [2.05, 4.69) is 15.3 Å². The lowest BCUT2D eigenvalue weighted by Gasteiger charge is -2.08. The van der Waals surface area contributed by atoms with Crippen molar-refractivity contribution in [1.82, 2.24) is 24.8 Å². The minimum atomic E-state index is -0.254. The zero-order valence-electron chi connectivity index (χ0n) is 16.9. The van der Waals surface area contributed by atoms with Gasteiger partial charge in [-0.15, -0.1) is 0 Å². The van der Waals surface area contributed by atoms with E-state index in [1.165, 1.54) is 0 Å². The van der Waals surface area contributed by atoms with Gasteiger partial charge < -0.3 is 24.7 Å². The number of hydrogen-bond donors (Lipinski definition) is 3. The first-order valence-electron chi connectivity index (χ1n) is 9.80. The number of aliphatic hydroxyl groups excluding tert-OH is 1. The Hall–Kier alpha value is -3.20. The molecule has 2 aromatic carbocycles. The Kier molecular flexibility index (Phi) is 6.31. The number of carbonyl (C=O) groups excluding carboxylic acids is 1. The van der Waals surface area contributed by atoms with Gasteiger partial charge in [0.25, 0.3) is 5.91 Å². The van der Waals surface area contributed by atoms with Crippen molar-refractivity contribution >= 4 is 28.5 Å². The van der Waals surface area contributed by atoms with E-state index in [4.69, 9.17) is 26.4 Å². The van der Waals surface area contributed by atoms with Gasteiger partial charge in [-0.05, 0) is 42.5 Å². The summed E-state index contributed by atoms with van der Waals surface area (Å²) in [5.41, 5.74) is 3.72. The number of halogens is 1. The highest BCUT2D eigenvalue weighted by molar-refractivity contribution is 6.30. The molecule has 0 radical (unpaired) electrons. The molecule has 0 spiro atoms. The molecule has 0 saturated carbocycles. The van der Waals surface area contributed by atoms with Gasteiger partial charge in [0.1, 0.15) is 11.5 Å². The number of aliphatic hydroxyl groups is 1. The Morgan fingerprint density at radius 1 is 1.26 bits per heavy atom. The fraction of sp³-hybridized carbons (Fsp3) is 0.227. The minimum absolute atomic E-state index is 0.112. The Bertz CT molecular complexity index is 1200. The van der Waals surface area contributed by atoms with E-state index in [1.54, 1.807) is 25.4 Å². The van der Waals surface area contributed by atoms with Crippen LogP contribution in [-0.2, 0) is 11.3 Å². The van der Waals surface area contributed by atoms with Crippen molar-refractivity contribution in [3.63, 3.8) is 0 Å². The number of aromatic nitrogens is 4. The number of carbonyl (C=O) groups is 1. The van der Waals surface area contributed by atoms with Crippen molar-refractivity contribution in [3.05, 3.63) is 59.2 Å². The van der Waals surface area contributed by atoms with E-state index in [9.17, 15) is 4.79 Å². The summed E-state index contributed by atoms with van der Waals surface area (Å²) in [7, 11) is 1.65. The van der Waals surface area contributed by atoms with E-state index in [1.807, 2.05) is 34.9 Å². The molecule has 0 bridgehead atoms. The molecular weight excluding hydrogens is 418 g/mol. The van der Waals surface area contributed by atoms with Gasteiger partial charge in [0.2, 0.25) is 0 Å². The van der Waals surface area contributed by atoms with Gasteiger partial charge in [0.15, 0.2) is 5.82 Å². The lowest BCUT2D eigenvalue weighted by Crippen LogP contribution is -2.26. The SMILES string of the molecule is COCCn1c(-c2cnc(-c3ccc(Cl)cc3)[nH]2)nc2cc(C(=O)NCCO)ccc21. The number of H-pyrrole nitrogens is 1. The molecule has 160 valence electrons. The number of aromatic amines is 1. The summed E-state index contributed by atoms with van der Waals surface area (Å²) in [6, 6.07) is 12.8. The highest BCUT2D eigenvalue weighted by atomic mass is 35.5. The Morgan fingerprint density at radius 2 is 2.06 bits per heavy atom. The van der Waals surface area contributed by atoms with Gasteiger partial charge in [0, 0.05) is 36.3 Å². The van der Waals surface area contributed by atoms with Crippen molar-refractivity contribution < 1.29 is 14.6 Å². The van der Waals surface area contributed by atoms with Crippen LogP contribution in [0.4, 0.5) is 0 Å². The zero-order chi connectivity index (χ0) is 21.8. The average Bonchev–Trinajstić information content (AvgIpc) is 3.41. The largest absolute Gasteiger partial charge is 0.395 e. The average molecular weight is 440 g/mol. The number of rotatable bonds is 8. The Balaban J connectivity index is 1.73. The molecule has 0 aliphatic carbocycles. The summed E-state index contributed by atoms with van der Waals surface area (Å²) < 4.78 is 7.31. The zero-order valence-corrected chi connectivity index (χ0v) is 17.7. The summed E-state index contributed by atoms with van der Waals surface area (Å²) in [5, 5.41) is 12.2. The standard InChI is InChI=1S/C22H22ClN5O3/c1-31-11-9-28-19-7-4-15(22(30)24-8-10-29)12-17(19)27-21(28)18-13-25-20(26-18)14-2-5-16(23)6-3-14/h2-7,12-13,29H,8-11H2,1H3,(H,24,30)(H,25,26). The predicted molar refractivity (Wildman–Crippen MR) is 119 cm³/mol. The number of ether oxygens (including phenoxy) is 1. The van der Waals surface area contributed by atoms with Crippen molar-refractivity contribution in [2.45, 2.75) is 6.54 Å². The maximum absolute atomic E-state index is 12.3. The molecule has 1 amide bonds. The topological polar surface area (TPSA) is 105 Å². The van der Waals surface area contributed by atoms with E-state index in [0.29, 0.717) is 40.9 Å². The highest BCUT2D eigenvalue weighted by Gasteiger charge is 2.17. The van der Waals surface area contributed by atoms with Crippen LogP contribution in [0.2, 0.25) is 5.02 Å². The summed E-state index contributed by atoms with van der Waals surface area (Å²) in [6.07, 6.45) is 1.74. The van der Waals surface area contributed by atoms with Gasteiger partial charge in [-0.3, -0.25) is 4.79 Å². The van der Waals surface area contributed by atoms with Crippen molar-refractivity contribution in [2.75, 3.05) is 26.9 Å². The second kappa shape index (κ2) is 9.30. The van der Waals surface area contributed by atoms with E-state index in [0.717, 1.165) is 16.8 Å². The van der Waals surface area contributed by atoms with Crippen LogP contribution in [0.5, 0.6) is 0 Å². The lowest BCUT2D eigenvalue weighted by atomic mass is 10.2. The van der Waals surface area contributed by atoms with E-state index < -0.39 is 0 Å². The number of hydrogen-bond acceptors (Lipinski definition) is 5. The summed E-state index contributed by atoms with van der Waals surface area (Å²) in [4.78, 5) is 24.8. The molecular formula is C22H22ClN5O3. The van der Waals surface area contributed by atoms with Crippen LogP contribution in [0.1, 0.15) is 10.4 Å². The molecule has 0 atom stereocenters. The Morgan fingerprint density at radius 3 is 2.81 bits per heavy atom. The maximum atomic E-state index is 12.3. The van der Waals surface area contributed by atoms with Gasteiger partial charge >= 0.3 is 0 Å². The molecule has 2 aromatic heterocycles. The molecule has 8 nitrogen and oxygen atoms in total. The van der Waals surface area contributed by atoms with E-state index >= 15 is 0 Å². The van der Waals surface area contributed by atoms with Crippen molar-refractivity contribution in [1.29, 1.82) is 0 Å². The van der Waals surface area contributed by atoms with Crippen LogP contribution >= 0.6 is 11.6 Å². The fourth-order valence-electron chi connectivity index (χ4n) is 3.35. The monoisotopic (exact) mass is 439 g/mol. The molecule has 0 fully saturated rings. The molecule has 4 rings (SSSR count). The van der Waals surface area contributed by atoms with Gasteiger partial charge in [-0.1, -0.05) is 11.6 Å². The van der Waals surface area contributed by atoms with Gasteiger partial charge in [0.05, 0.1) is 30.4 Å². The number of fused-ring (bicyclic) bond motifs is 1. The predicted octanol–water partition coefficient (Wildman–Crippen LogP) is 3.12. The normalized spacial score (nSPS) is 11.2. The smallest absolute Gasteiger partial charge is 0.251 e. The summed E-state index contributed by atoms with van der Waals surface area (Å²) in [6.45, 7) is 1.19. The molecule has 4 aromatic rings. The third kappa shape index (κ3) is 4.46. The number of imidazole rings is 2. The molecule has 0 aliphatic rings. The molecule has 9 heteroatoms. The maximum Gasteiger partial charge on any atom is 0.251 e. The summed E-state index contributed by atoms with van der Waals surface area (Å²) >= 11 is 5.98. The second-order valence-electron chi connectivity index (χ2n) is 6.92. The van der Waals surface area contributed by atoms with Crippen LogP contribution in [-0.4, -0.2) is 57.4 Å². The number of nitrogens with one attached hydrogen (secondary N) is 2. The molecule has 31 heavy (non-hydrogen) atoms. The quantitative estimate of drug-likeness (QED) is 0.391. The van der Waals surface area contributed by atoms with Crippen molar-refractivity contribution in [2.24, 2.45) is 0 Å². The lowest BCUT2D eigenvalue weighted by molar-refractivity contribution is 0.0945. The fourth-order valence-corrected chi connectivity index (χ4v) is 3.47. The number of amides is 1. The third-order valence-corrected chi connectivity index (χ3v) is 5.11. The number of benzene rings is 2. The van der Waals surface area contributed by atoms with Crippen LogP contribution < -0.4 is 5.32 Å². The van der Waals surface area contributed by atoms with Crippen molar-refractivity contribution in [3.8, 4) is 22.9 Å². The molecule has 0 aliphatic heterocycles. The highest BCUT2D eigenvalue weighted by Crippen LogP contribution is 2.27. The first-order valence-corrected chi connectivity index (χ1v) is 10.2. The molecule has 0 unspecified atom stereocenters. The first-order chi connectivity index (χ1) is 15.1. The molecule has 2 heterocycles. The van der Waals surface area contributed by atoms with Crippen LogP contribution in [0, 0.1) is 0 Å². The first kappa shape index (κ1) is 21.0. The number of nitrogens with zero attached hydrogens (tertiary/aromatic N) is 3. The third-order valence-electron chi connectivity index (χ3n) is 4.86. The van der Waals surface area contributed by atoms with Crippen LogP contribution in [0.25, 0.3) is 33.9 Å². The number of methoxy groups -OCH3 is 1. The Labute approximate surface area is 183 Å². The second-order valence-corrected chi connectivity index (χ2v) is 7.35. The van der Waals surface area contributed by atoms with Gasteiger partial charge in [-0.2, -0.15) is 0 Å². The summed E-state index contributed by atoms with van der Waals surface area (Å²) in [5.74, 6) is 1.16. The molecule has 3 N–H and O–H groups in total. The molecule has 0 saturated heterocycles.